The van der Waals surface area contributed by atoms with Gasteiger partial charge in [0.1, 0.15) is 0 Å². The van der Waals surface area contributed by atoms with Crippen molar-refractivity contribution in [2.75, 3.05) is 4.90 Å². The molecule has 2 aliphatic rings. The molecule has 56 heavy (non-hydrogen) atoms. The standard InChI is InChI=1S/C54H46N2/c1-35-36(2)55(39-14-8-7-9-15-39)52-31-24-38(32-47(35)52)21-20-37-22-25-40(26-23-37)56(41-27-29-45-43-16-10-12-18-48(43)53(3,4)50(45)33-41)42-28-30-46-44-17-11-13-19-49(44)54(5,6)51(46)34-42/h7-34H,1-6H3/b21-20+/i20D,21D. The molecule has 0 atom stereocenters. The van der Waals surface area contributed by atoms with Crippen LogP contribution in [-0.2, 0) is 10.8 Å². The van der Waals surface area contributed by atoms with Crippen molar-refractivity contribution >= 4 is 40.1 Å². The molecule has 1 heterocycles. The summed E-state index contributed by atoms with van der Waals surface area (Å²) in [4.78, 5) is 2.36. The fraction of sp³-hybridized carbons (Fsp3) is 0.148. The molecule has 1 aromatic heterocycles. The van der Waals surface area contributed by atoms with Crippen molar-refractivity contribution in [1.82, 2.24) is 4.57 Å². The fourth-order valence-corrected chi connectivity index (χ4v) is 9.51. The average molecular weight is 725 g/mol. The molecule has 2 heteroatoms. The predicted molar refractivity (Wildman–Crippen MR) is 238 cm³/mol. The van der Waals surface area contributed by atoms with E-state index in [1.807, 2.05) is 24.3 Å². The zero-order chi connectivity index (χ0) is 40.1. The van der Waals surface area contributed by atoms with Crippen molar-refractivity contribution in [3.05, 3.63) is 202 Å². The summed E-state index contributed by atoms with van der Waals surface area (Å²) in [5, 5.41) is 1.10. The predicted octanol–water partition coefficient (Wildman–Crippen LogP) is 14.5. The Morgan fingerprint density at radius 1 is 0.482 bits per heavy atom. The topological polar surface area (TPSA) is 8.17 Å². The Labute approximate surface area is 333 Å². The Morgan fingerprint density at radius 3 is 1.55 bits per heavy atom. The Bertz CT molecular complexity index is 2880. The highest BCUT2D eigenvalue weighted by Crippen LogP contribution is 2.53. The van der Waals surface area contributed by atoms with Crippen LogP contribution in [0.1, 0.15) is 75.1 Å². The van der Waals surface area contributed by atoms with E-state index >= 15 is 0 Å². The lowest BCUT2D eigenvalue weighted by Crippen LogP contribution is -2.18. The number of benzene rings is 7. The molecule has 0 amide bonds. The van der Waals surface area contributed by atoms with Crippen LogP contribution in [-0.4, -0.2) is 4.57 Å². The van der Waals surface area contributed by atoms with E-state index in [-0.39, 0.29) is 22.9 Å². The zero-order valence-corrected chi connectivity index (χ0v) is 32.9. The number of fused-ring (bicyclic) bond motifs is 7. The third kappa shape index (κ3) is 5.16. The van der Waals surface area contributed by atoms with Gasteiger partial charge in [-0.3, -0.25) is 0 Å². The smallest absolute Gasteiger partial charge is 0.0629 e. The summed E-state index contributed by atoms with van der Waals surface area (Å²) in [5.74, 6) is 0. The van der Waals surface area contributed by atoms with Crippen LogP contribution < -0.4 is 4.90 Å². The van der Waals surface area contributed by atoms with E-state index in [1.165, 1.54) is 55.8 Å². The van der Waals surface area contributed by atoms with Crippen LogP contribution in [0.4, 0.5) is 17.1 Å². The third-order valence-corrected chi connectivity index (χ3v) is 12.7. The van der Waals surface area contributed by atoms with Crippen LogP contribution in [0.2, 0.25) is 0 Å². The number of rotatable bonds is 6. The van der Waals surface area contributed by atoms with E-state index in [4.69, 9.17) is 0 Å². The molecule has 0 saturated heterocycles. The second-order valence-corrected chi connectivity index (χ2v) is 16.5. The average Bonchev–Trinajstić information content (AvgIpc) is 3.74. The van der Waals surface area contributed by atoms with E-state index in [2.05, 4.69) is 184 Å². The first-order chi connectivity index (χ1) is 27.9. The Balaban J connectivity index is 1.06. The van der Waals surface area contributed by atoms with Crippen molar-refractivity contribution in [2.45, 2.75) is 52.4 Å². The van der Waals surface area contributed by atoms with Crippen molar-refractivity contribution in [2.24, 2.45) is 0 Å². The number of nitrogens with zero attached hydrogens (tertiary/aromatic N) is 2. The minimum absolute atomic E-state index is 0.140. The maximum Gasteiger partial charge on any atom is 0.0629 e. The summed E-state index contributed by atoms with van der Waals surface area (Å²) in [6, 6.07) is 56.6. The van der Waals surface area contributed by atoms with Crippen LogP contribution in [0.3, 0.4) is 0 Å². The first kappa shape index (κ1) is 31.9. The lowest BCUT2D eigenvalue weighted by molar-refractivity contribution is 0.660. The molecular formula is C54H46N2. The molecule has 0 aliphatic heterocycles. The number of hydrogen-bond acceptors (Lipinski definition) is 1. The summed E-state index contributed by atoms with van der Waals surface area (Å²) in [7, 11) is 0. The second kappa shape index (κ2) is 12.6. The van der Waals surface area contributed by atoms with E-state index in [0.29, 0.717) is 5.56 Å². The van der Waals surface area contributed by atoms with E-state index in [1.54, 1.807) is 0 Å². The normalized spacial score (nSPS) is 15.3. The van der Waals surface area contributed by atoms with Crippen LogP contribution >= 0.6 is 0 Å². The number of aryl methyl sites for hydroxylation is 1. The molecule has 8 aromatic rings. The van der Waals surface area contributed by atoms with Gasteiger partial charge in [0.25, 0.3) is 0 Å². The Kier molecular flexibility index (Phi) is 7.17. The van der Waals surface area contributed by atoms with E-state index in [0.717, 1.165) is 39.2 Å². The van der Waals surface area contributed by atoms with Gasteiger partial charge in [-0.15, -0.1) is 0 Å². The van der Waals surface area contributed by atoms with Gasteiger partial charge in [0.15, 0.2) is 0 Å². The molecule has 0 bridgehead atoms. The number of hydrogen-bond donors (Lipinski definition) is 0. The van der Waals surface area contributed by atoms with Gasteiger partial charge in [0.2, 0.25) is 0 Å². The van der Waals surface area contributed by atoms with Crippen molar-refractivity contribution < 1.29 is 2.74 Å². The molecule has 0 fully saturated rings. The molecule has 272 valence electrons. The molecule has 2 nitrogen and oxygen atoms in total. The monoisotopic (exact) mass is 724 g/mol. The minimum Gasteiger partial charge on any atom is -0.314 e. The first-order valence-corrected chi connectivity index (χ1v) is 19.7. The van der Waals surface area contributed by atoms with Crippen LogP contribution in [0.25, 0.3) is 50.9 Å². The summed E-state index contributed by atoms with van der Waals surface area (Å²) in [5.41, 5.74) is 19.5. The van der Waals surface area contributed by atoms with Crippen LogP contribution in [0.15, 0.2) is 158 Å². The highest BCUT2D eigenvalue weighted by atomic mass is 15.1. The van der Waals surface area contributed by atoms with Crippen LogP contribution in [0, 0.1) is 13.8 Å². The van der Waals surface area contributed by atoms with E-state index in [9.17, 15) is 2.74 Å². The summed E-state index contributed by atoms with van der Waals surface area (Å²) >= 11 is 0. The lowest BCUT2D eigenvalue weighted by atomic mass is 9.82. The van der Waals surface area contributed by atoms with Crippen molar-refractivity contribution in [3.63, 3.8) is 0 Å². The Morgan fingerprint density at radius 2 is 0.964 bits per heavy atom. The molecule has 0 radical (unpaired) electrons. The largest absolute Gasteiger partial charge is 0.314 e. The minimum atomic E-state index is -0.140. The van der Waals surface area contributed by atoms with Gasteiger partial charge in [-0.25, -0.2) is 0 Å². The summed E-state index contributed by atoms with van der Waals surface area (Å²) in [6.45, 7) is 13.6. The zero-order valence-electron chi connectivity index (χ0n) is 34.9. The molecular weight excluding hydrogens is 677 g/mol. The molecule has 0 saturated carbocycles. The van der Waals surface area contributed by atoms with Gasteiger partial charge in [-0.2, -0.15) is 0 Å². The maximum atomic E-state index is 9.26. The molecule has 7 aromatic carbocycles. The van der Waals surface area contributed by atoms with Crippen molar-refractivity contribution in [3.8, 4) is 27.9 Å². The molecule has 2 aliphatic carbocycles. The number of para-hydroxylation sites is 1. The molecule has 0 spiro atoms. The van der Waals surface area contributed by atoms with Gasteiger partial charge >= 0.3 is 0 Å². The second-order valence-electron chi connectivity index (χ2n) is 16.5. The highest BCUT2D eigenvalue weighted by Gasteiger charge is 2.37. The SMILES string of the molecule is [2H]/C(=C(/[2H])c1ccc2c(c1)c(C)c(C)n2-c1ccccc1)c1ccc(N(c2ccc3c(c2)C(C)(C)c2ccccc2-3)c2ccc3c(c2)C(C)(C)c2ccccc2-3)cc1. The number of aromatic nitrogens is 1. The highest BCUT2D eigenvalue weighted by molar-refractivity contribution is 5.91. The summed E-state index contributed by atoms with van der Waals surface area (Å²) < 4.78 is 20.8. The lowest BCUT2D eigenvalue weighted by Gasteiger charge is -2.29. The number of anilines is 3. The Hall–Kier alpha value is -6.38. The van der Waals surface area contributed by atoms with E-state index < -0.39 is 0 Å². The fourth-order valence-electron chi connectivity index (χ4n) is 9.51. The molecule has 0 unspecified atom stereocenters. The quantitative estimate of drug-likeness (QED) is 0.155. The van der Waals surface area contributed by atoms with Crippen molar-refractivity contribution in [1.29, 1.82) is 0 Å². The van der Waals surface area contributed by atoms with Gasteiger partial charge in [0.05, 0.1) is 8.26 Å². The molecule has 0 N–H and O–H groups in total. The van der Waals surface area contributed by atoms with Crippen LogP contribution in [0.5, 0.6) is 0 Å². The maximum absolute atomic E-state index is 9.26. The van der Waals surface area contributed by atoms with Gasteiger partial charge in [-0.1, -0.05) is 137 Å². The van der Waals surface area contributed by atoms with Gasteiger partial charge in [-0.05, 0) is 136 Å². The molecule has 10 rings (SSSR count). The van der Waals surface area contributed by atoms with Gasteiger partial charge < -0.3 is 9.47 Å². The first-order valence-electron chi connectivity index (χ1n) is 20.7. The van der Waals surface area contributed by atoms with Gasteiger partial charge in [0, 0.05) is 44.7 Å². The third-order valence-electron chi connectivity index (χ3n) is 12.7. The summed E-state index contributed by atoms with van der Waals surface area (Å²) in [6.07, 6.45) is 0.